The van der Waals surface area contributed by atoms with Crippen molar-refractivity contribution in [3.05, 3.63) is 100.0 Å². The Bertz CT molecular complexity index is 1190. The molecule has 1 N–H and O–H groups in total. The second-order valence-electron chi connectivity index (χ2n) is 7.77. The number of amides is 2. The molecular formula is C27H26N2O3S. The number of ether oxygens (including phenoxy) is 1. The van der Waals surface area contributed by atoms with Crippen LogP contribution in [0.15, 0.2) is 82.6 Å². The number of carbonyl (C=O) groups is 2. The Morgan fingerprint density at radius 2 is 1.76 bits per heavy atom. The zero-order valence-electron chi connectivity index (χ0n) is 18.7. The number of methoxy groups -OCH3 is 1. The molecule has 0 unspecified atom stereocenters. The Labute approximate surface area is 198 Å². The summed E-state index contributed by atoms with van der Waals surface area (Å²) in [5.74, 6) is -0.170. The van der Waals surface area contributed by atoms with E-state index < -0.39 is 0 Å². The SMILES string of the molecule is COCCNC(=O)c1ccc(C=C2Sc3ccccc3N(Cc3ccccc3C)C2=O)cc1. The first-order valence-corrected chi connectivity index (χ1v) is 11.6. The van der Waals surface area contributed by atoms with E-state index >= 15 is 0 Å². The number of carbonyl (C=O) groups excluding carboxylic acids is 2. The number of hydrogen-bond donors (Lipinski definition) is 1. The highest BCUT2D eigenvalue weighted by molar-refractivity contribution is 8.04. The second kappa shape index (κ2) is 10.5. The van der Waals surface area contributed by atoms with Crippen LogP contribution in [0.1, 0.15) is 27.0 Å². The second-order valence-corrected chi connectivity index (χ2v) is 8.85. The summed E-state index contributed by atoms with van der Waals surface area (Å²) in [4.78, 5) is 29.2. The molecule has 5 nitrogen and oxygen atoms in total. The molecule has 3 aromatic carbocycles. The van der Waals surface area contributed by atoms with Gasteiger partial charge in [0.25, 0.3) is 11.8 Å². The fourth-order valence-corrected chi connectivity index (χ4v) is 4.69. The number of benzene rings is 3. The lowest BCUT2D eigenvalue weighted by molar-refractivity contribution is -0.114. The molecule has 0 spiro atoms. The van der Waals surface area contributed by atoms with Crippen LogP contribution in [-0.2, 0) is 16.1 Å². The third-order valence-electron chi connectivity index (χ3n) is 5.48. The lowest BCUT2D eigenvalue weighted by Gasteiger charge is -2.31. The molecule has 0 saturated carbocycles. The first-order valence-electron chi connectivity index (χ1n) is 10.8. The van der Waals surface area contributed by atoms with Crippen LogP contribution in [0.3, 0.4) is 0 Å². The van der Waals surface area contributed by atoms with E-state index in [1.807, 2.05) is 59.5 Å². The predicted molar refractivity (Wildman–Crippen MR) is 133 cm³/mol. The van der Waals surface area contributed by atoms with Crippen molar-refractivity contribution in [2.24, 2.45) is 0 Å². The maximum atomic E-state index is 13.5. The van der Waals surface area contributed by atoms with E-state index in [1.54, 1.807) is 19.2 Å². The monoisotopic (exact) mass is 458 g/mol. The van der Waals surface area contributed by atoms with Gasteiger partial charge in [-0.1, -0.05) is 60.3 Å². The molecule has 2 amide bonds. The number of fused-ring (bicyclic) bond motifs is 1. The fourth-order valence-electron chi connectivity index (χ4n) is 3.63. The van der Waals surface area contributed by atoms with Gasteiger partial charge in [-0.15, -0.1) is 0 Å². The van der Waals surface area contributed by atoms with E-state index in [2.05, 4.69) is 24.4 Å². The summed E-state index contributed by atoms with van der Waals surface area (Å²) >= 11 is 1.48. The van der Waals surface area contributed by atoms with Crippen LogP contribution in [0, 0.1) is 6.92 Å². The highest BCUT2D eigenvalue weighted by Gasteiger charge is 2.29. The summed E-state index contributed by atoms with van der Waals surface area (Å²) in [6.45, 7) is 3.51. The molecular weight excluding hydrogens is 432 g/mol. The predicted octanol–water partition coefficient (Wildman–Crippen LogP) is 5.05. The molecule has 1 aliphatic heterocycles. The van der Waals surface area contributed by atoms with Crippen LogP contribution >= 0.6 is 11.8 Å². The van der Waals surface area contributed by atoms with Crippen molar-refractivity contribution < 1.29 is 14.3 Å². The van der Waals surface area contributed by atoms with E-state index in [-0.39, 0.29) is 11.8 Å². The molecule has 33 heavy (non-hydrogen) atoms. The van der Waals surface area contributed by atoms with Crippen molar-refractivity contribution in [2.75, 3.05) is 25.2 Å². The van der Waals surface area contributed by atoms with E-state index in [0.717, 1.165) is 27.3 Å². The molecule has 1 heterocycles. The highest BCUT2D eigenvalue weighted by atomic mass is 32.2. The van der Waals surface area contributed by atoms with Gasteiger partial charge in [-0.25, -0.2) is 0 Å². The van der Waals surface area contributed by atoms with E-state index in [1.165, 1.54) is 11.8 Å². The van der Waals surface area contributed by atoms with E-state index in [0.29, 0.717) is 30.2 Å². The Balaban J connectivity index is 1.58. The molecule has 0 fully saturated rings. The molecule has 0 aromatic heterocycles. The normalized spacial score (nSPS) is 14.3. The first-order chi connectivity index (χ1) is 16.1. The summed E-state index contributed by atoms with van der Waals surface area (Å²) in [5, 5.41) is 2.81. The molecule has 4 rings (SSSR count). The minimum atomic E-state index is -0.146. The lowest BCUT2D eigenvalue weighted by Crippen LogP contribution is -2.33. The van der Waals surface area contributed by atoms with Crippen LogP contribution in [-0.4, -0.2) is 32.1 Å². The minimum Gasteiger partial charge on any atom is -0.383 e. The van der Waals surface area contributed by atoms with E-state index in [4.69, 9.17) is 4.74 Å². The Morgan fingerprint density at radius 1 is 1.03 bits per heavy atom. The molecule has 6 heteroatoms. The summed E-state index contributed by atoms with van der Waals surface area (Å²) < 4.78 is 4.96. The molecule has 0 aliphatic carbocycles. The number of hydrogen-bond acceptors (Lipinski definition) is 4. The maximum Gasteiger partial charge on any atom is 0.265 e. The average Bonchev–Trinajstić information content (AvgIpc) is 2.83. The molecule has 0 bridgehead atoms. The topological polar surface area (TPSA) is 58.6 Å². The number of aryl methyl sites for hydroxylation is 1. The highest BCUT2D eigenvalue weighted by Crippen LogP contribution is 2.42. The van der Waals surface area contributed by atoms with Gasteiger partial charge in [0.15, 0.2) is 0 Å². The van der Waals surface area contributed by atoms with Crippen LogP contribution < -0.4 is 10.2 Å². The number of nitrogens with one attached hydrogen (secondary N) is 1. The van der Waals surface area contributed by atoms with Crippen molar-refractivity contribution in [3.63, 3.8) is 0 Å². The van der Waals surface area contributed by atoms with Crippen LogP contribution in [0.2, 0.25) is 0 Å². The van der Waals surface area contributed by atoms with Gasteiger partial charge in [0.1, 0.15) is 0 Å². The van der Waals surface area contributed by atoms with Gasteiger partial charge in [0.2, 0.25) is 0 Å². The third kappa shape index (κ3) is 5.35. The van der Waals surface area contributed by atoms with Crippen molar-refractivity contribution in [2.45, 2.75) is 18.4 Å². The Kier molecular flexibility index (Phi) is 7.27. The lowest BCUT2D eigenvalue weighted by atomic mass is 10.1. The number of para-hydroxylation sites is 1. The van der Waals surface area contributed by atoms with Crippen molar-refractivity contribution >= 4 is 35.3 Å². The van der Waals surface area contributed by atoms with Gasteiger partial charge in [-0.05, 0) is 54.0 Å². The van der Waals surface area contributed by atoms with Gasteiger partial charge in [0, 0.05) is 24.1 Å². The zero-order chi connectivity index (χ0) is 23.2. The molecule has 0 radical (unpaired) electrons. The summed E-state index contributed by atoms with van der Waals surface area (Å²) in [6, 6.07) is 23.4. The molecule has 0 atom stereocenters. The molecule has 0 saturated heterocycles. The molecule has 3 aromatic rings. The van der Waals surface area contributed by atoms with Gasteiger partial charge in [-0.2, -0.15) is 0 Å². The minimum absolute atomic E-state index is 0.0247. The number of nitrogens with zero attached hydrogens (tertiary/aromatic N) is 1. The molecule has 168 valence electrons. The van der Waals surface area contributed by atoms with Crippen molar-refractivity contribution in [3.8, 4) is 0 Å². The summed E-state index contributed by atoms with van der Waals surface area (Å²) in [7, 11) is 1.60. The summed E-state index contributed by atoms with van der Waals surface area (Å²) in [6.07, 6.45) is 1.89. The first kappa shape index (κ1) is 22.8. The van der Waals surface area contributed by atoms with Crippen LogP contribution in [0.25, 0.3) is 6.08 Å². The van der Waals surface area contributed by atoms with Gasteiger partial charge < -0.3 is 15.0 Å². The number of rotatable bonds is 7. The number of anilines is 1. The zero-order valence-corrected chi connectivity index (χ0v) is 19.5. The Morgan fingerprint density at radius 3 is 2.52 bits per heavy atom. The largest absolute Gasteiger partial charge is 0.383 e. The van der Waals surface area contributed by atoms with Crippen LogP contribution in [0.5, 0.6) is 0 Å². The van der Waals surface area contributed by atoms with Crippen molar-refractivity contribution in [1.29, 1.82) is 0 Å². The van der Waals surface area contributed by atoms with E-state index in [9.17, 15) is 9.59 Å². The average molecular weight is 459 g/mol. The maximum absolute atomic E-state index is 13.5. The number of thioether (sulfide) groups is 1. The summed E-state index contributed by atoms with van der Waals surface area (Å²) in [5.41, 5.74) is 4.65. The molecule has 1 aliphatic rings. The van der Waals surface area contributed by atoms with Crippen molar-refractivity contribution in [1.82, 2.24) is 5.32 Å². The quantitative estimate of drug-likeness (QED) is 0.398. The van der Waals surface area contributed by atoms with Gasteiger partial charge >= 0.3 is 0 Å². The van der Waals surface area contributed by atoms with Gasteiger partial charge in [0.05, 0.1) is 23.7 Å². The Hall–Kier alpha value is -3.35. The standard InChI is InChI=1S/C27H26N2O3S/c1-19-7-3-4-8-22(19)18-29-23-9-5-6-10-24(23)33-25(27(29)31)17-20-11-13-21(14-12-20)26(30)28-15-16-32-2/h3-14,17H,15-16,18H2,1-2H3,(H,28,30). The van der Waals surface area contributed by atoms with Gasteiger partial charge in [-0.3, -0.25) is 9.59 Å². The fraction of sp³-hybridized carbons (Fsp3) is 0.185. The smallest absolute Gasteiger partial charge is 0.265 e. The van der Waals surface area contributed by atoms with Crippen LogP contribution in [0.4, 0.5) is 5.69 Å². The third-order valence-corrected chi connectivity index (χ3v) is 6.56.